The molecule has 112 valence electrons. The third kappa shape index (κ3) is 4.63. The van der Waals surface area contributed by atoms with Crippen LogP contribution in [0.4, 0.5) is 5.82 Å². The fraction of sp³-hybridized carbons (Fsp3) is 0.733. The first kappa shape index (κ1) is 15.6. The van der Waals surface area contributed by atoms with Gasteiger partial charge in [0.1, 0.15) is 0 Å². The number of nitrogens with one attached hydrogen (secondary N) is 1. The third-order valence-corrected chi connectivity index (χ3v) is 4.80. The van der Waals surface area contributed by atoms with Crippen LogP contribution in [0.5, 0.6) is 0 Å². The molecule has 1 aromatic heterocycles. The first-order valence-electron chi connectivity index (χ1n) is 7.42. The fourth-order valence-electron chi connectivity index (χ4n) is 2.15. The molecule has 1 fully saturated rings. The summed E-state index contributed by atoms with van der Waals surface area (Å²) < 4.78 is 0. The van der Waals surface area contributed by atoms with Gasteiger partial charge in [0, 0.05) is 36.2 Å². The fourth-order valence-corrected chi connectivity index (χ4v) is 3.33. The minimum Gasteiger partial charge on any atom is -0.353 e. The number of anilines is 1. The summed E-state index contributed by atoms with van der Waals surface area (Å²) in [5, 5.41) is 12.9. The van der Waals surface area contributed by atoms with E-state index in [0.29, 0.717) is 0 Å². The lowest BCUT2D eigenvalue weighted by Crippen LogP contribution is -2.38. The Balaban J connectivity index is 1.94. The first-order chi connectivity index (χ1) is 9.48. The maximum absolute atomic E-state index is 4.40. The van der Waals surface area contributed by atoms with Crippen LogP contribution in [-0.2, 0) is 6.54 Å². The molecule has 0 bridgehead atoms. The minimum atomic E-state index is 0.110. The van der Waals surface area contributed by atoms with Crippen molar-refractivity contribution in [2.75, 3.05) is 23.7 Å². The lowest BCUT2D eigenvalue weighted by molar-refractivity contribution is 0.420. The van der Waals surface area contributed by atoms with Crippen LogP contribution in [0.1, 0.15) is 39.8 Å². The highest BCUT2D eigenvalue weighted by Gasteiger charge is 2.20. The summed E-state index contributed by atoms with van der Waals surface area (Å²) in [7, 11) is 0. The minimum absolute atomic E-state index is 0.110. The standard InChI is InChI=1S/C15H26N4S/c1-5-13-11-19(8-9-20-13)14-7-6-12(17-18-14)10-16-15(2,3)4/h6-7,13,16H,5,8-11H2,1-4H3. The van der Waals surface area contributed by atoms with Crippen molar-refractivity contribution in [2.24, 2.45) is 0 Å². The van der Waals surface area contributed by atoms with Gasteiger partial charge in [-0.05, 0) is 39.3 Å². The van der Waals surface area contributed by atoms with Crippen LogP contribution in [0.3, 0.4) is 0 Å². The second-order valence-electron chi connectivity index (χ2n) is 6.33. The molecule has 20 heavy (non-hydrogen) atoms. The van der Waals surface area contributed by atoms with Crippen LogP contribution < -0.4 is 10.2 Å². The molecule has 4 nitrogen and oxygen atoms in total. The van der Waals surface area contributed by atoms with Gasteiger partial charge in [0.25, 0.3) is 0 Å². The molecule has 0 aliphatic carbocycles. The van der Waals surface area contributed by atoms with E-state index in [-0.39, 0.29) is 5.54 Å². The van der Waals surface area contributed by atoms with Gasteiger partial charge in [-0.1, -0.05) is 6.92 Å². The SMILES string of the molecule is CCC1CN(c2ccc(CNC(C)(C)C)nn2)CCS1. The van der Waals surface area contributed by atoms with E-state index in [1.165, 1.54) is 12.2 Å². The summed E-state index contributed by atoms with van der Waals surface area (Å²) in [6.07, 6.45) is 1.22. The second-order valence-corrected chi connectivity index (χ2v) is 7.74. The molecule has 1 saturated heterocycles. The zero-order valence-corrected chi connectivity index (χ0v) is 13.8. The topological polar surface area (TPSA) is 41.0 Å². The van der Waals surface area contributed by atoms with Crippen LogP contribution in [0.25, 0.3) is 0 Å². The molecule has 0 aromatic carbocycles. The number of thioether (sulfide) groups is 1. The quantitative estimate of drug-likeness (QED) is 0.924. The maximum atomic E-state index is 4.40. The summed E-state index contributed by atoms with van der Waals surface area (Å²) >= 11 is 2.08. The molecule has 2 rings (SSSR count). The Bertz CT molecular complexity index is 413. The zero-order chi connectivity index (χ0) is 14.6. The van der Waals surface area contributed by atoms with Crippen LogP contribution in [0, 0.1) is 0 Å². The van der Waals surface area contributed by atoms with Gasteiger partial charge in [-0.15, -0.1) is 5.10 Å². The number of hydrogen-bond acceptors (Lipinski definition) is 5. The molecular weight excluding hydrogens is 268 g/mol. The summed E-state index contributed by atoms with van der Waals surface area (Å²) in [4.78, 5) is 2.36. The van der Waals surface area contributed by atoms with Gasteiger partial charge in [0.15, 0.2) is 5.82 Å². The Kier molecular flexibility index (Phi) is 5.27. The Labute approximate surface area is 126 Å². The van der Waals surface area contributed by atoms with Crippen molar-refractivity contribution in [2.45, 2.75) is 51.4 Å². The molecule has 0 amide bonds. The van der Waals surface area contributed by atoms with Gasteiger partial charge < -0.3 is 10.2 Å². The van der Waals surface area contributed by atoms with E-state index in [9.17, 15) is 0 Å². The Morgan fingerprint density at radius 1 is 1.35 bits per heavy atom. The average Bonchev–Trinajstić information content (AvgIpc) is 2.45. The van der Waals surface area contributed by atoms with Crippen molar-refractivity contribution in [3.63, 3.8) is 0 Å². The molecule has 0 spiro atoms. The molecule has 1 aliphatic heterocycles. The van der Waals surface area contributed by atoms with Crippen molar-refractivity contribution in [1.82, 2.24) is 15.5 Å². The highest BCUT2D eigenvalue weighted by molar-refractivity contribution is 8.00. The maximum Gasteiger partial charge on any atom is 0.151 e. The van der Waals surface area contributed by atoms with Crippen LogP contribution in [-0.4, -0.2) is 39.8 Å². The molecule has 5 heteroatoms. The highest BCUT2D eigenvalue weighted by Crippen LogP contribution is 2.24. The van der Waals surface area contributed by atoms with Crippen LogP contribution in [0.15, 0.2) is 12.1 Å². The Morgan fingerprint density at radius 3 is 2.75 bits per heavy atom. The largest absolute Gasteiger partial charge is 0.353 e. The van der Waals surface area contributed by atoms with Gasteiger partial charge in [0.2, 0.25) is 0 Å². The molecule has 0 radical (unpaired) electrons. The number of rotatable bonds is 4. The number of hydrogen-bond donors (Lipinski definition) is 1. The monoisotopic (exact) mass is 294 g/mol. The molecule has 1 unspecified atom stereocenters. The van der Waals surface area contributed by atoms with Crippen molar-refractivity contribution in [3.8, 4) is 0 Å². The lowest BCUT2D eigenvalue weighted by Gasteiger charge is -2.32. The summed E-state index contributed by atoms with van der Waals surface area (Å²) in [5.41, 5.74) is 1.11. The average molecular weight is 294 g/mol. The van der Waals surface area contributed by atoms with Gasteiger partial charge in [-0.2, -0.15) is 16.9 Å². The summed E-state index contributed by atoms with van der Waals surface area (Å²) in [6, 6.07) is 4.19. The summed E-state index contributed by atoms with van der Waals surface area (Å²) in [5.74, 6) is 2.20. The molecule has 1 aliphatic rings. The highest BCUT2D eigenvalue weighted by atomic mass is 32.2. The second kappa shape index (κ2) is 6.76. The zero-order valence-electron chi connectivity index (χ0n) is 13.0. The smallest absolute Gasteiger partial charge is 0.151 e. The predicted octanol–water partition coefficient (Wildman–Crippen LogP) is 2.70. The number of aromatic nitrogens is 2. The normalized spacial score (nSPS) is 20.2. The van der Waals surface area contributed by atoms with E-state index in [2.05, 4.69) is 72.0 Å². The van der Waals surface area contributed by atoms with E-state index >= 15 is 0 Å². The van der Waals surface area contributed by atoms with Gasteiger partial charge in [-0.25, -0.2) is 0 Å². The van der Waals surface area contributed by atoms with E-state index in [1.54, 1.807) is 0 Å². The third-order valence-electron chi connectivity index (χ3n) is 3.42. The first-order valence-corrected chi connectivity index (χ1v) is 8.47. The van der Waals surface area contributed by atoms with E-state index in [0.717, 1.165) is 36.4 Å². The van der Waals surface area contributed by atoms with Gasteiger partial charge in [0.05, 0.1) is 5.69 Å². The Hall–Kier alpha value is -0.810. The van der Waals surface area contributed by atoms with Crippen molar-refractivity contribution < 1.29 is 0 Å². The van der Waals surface area contributed by atoms with Crippen molar-refractivity contribution >= 4 is 17.6 Å². The number of nitrogens with zero attached hydrogens (tertiary/aromatic N) is 3. The Morgan fingerprint density at radius 2 is 2.15 bits per heavy atom. The molecule has 0 saturated carbocycles. The van der Waals surface area contributed by atoms with Crippen LogP contribution in [0.2, 0.25) is 0 Å². The molecule has 1 aromatic rings. The van der Waals surface area contributed by atoms with Crippen LogP contribution >= 0.6 is 11.8 Å². The van der Waals surface area contributed by atoms with Crippen molar-refractivity contribution in [1.29, 1.82) is 0 Å². The van der Waals surface area contributed by atoms with E-state index < -0.39 is 0 Å². The predicted molar refractivity (Wildman–Crippen MR) is 87.4 cm³/mol. The lowest BCUT2D eigenvalue weighted by atomic mass is 10.1. The molecular formula is C15H26N4S. The molecule has 2 heterocycles. The van der Waals surface area contributed by atoms with Gasteiger partial charge in [-0.3, -0.25) is 0 Å². The summed E-state index contributed by atoms with van der Waals surface area (Å²) in [6.45, 7) is 11.7. The van der Waals surface area contributed by atoms with E-state index in [1.807, 2.05) is 0 Å². The molecule has 1 atom stereocenters. The van der Waals surface area contributed by atoms with Crippen molar-refractivity contribution in [3.05, 3.63) is 17.8 Å². The van der Waals surface area contributed by atoms with Gasteiger partial charge >= 0.3 is 0 Å². The molecule has 1 N–H and O–H groups in total. The van der Waals surface area contributed by atoms with E-state index in [4.69, 9.17) is 0 Å².